The van der Waals surface area contributed by atoms with E-state index in [1.165, 1.54) is 28.1 Å². The van der Waals surface area contributed by atoms with Gasteiger partial charge in [0.1, 0.15) is 5.82 Å². The van der Waals surface area contributed by atoms with E-state index >= 15 is 0 Å². The molecule has 10 aromatic rings. The minimum atomic E-state index is -0.0797. The number of benzene rings is 8. The fourth-order valence-corrected chi connectivity index (χ4v) is 9.80. The Morgan fingerprint density at radius 3 is 1.85 bits per heavy atom. The molecule has 0 fully saturated rings. The summed E-state index contributed by atoms with van der Waals surface area (Å²) in [6.45, 7) is 11.9. The molecule has 1 aliphatic heterocycles. The van der Waals surface area contributed by atoms with Crippen molar-refractivity contribution in [1.29, 1.82) is 0 Å². The first-order chi connectivity index (χ1) is 31.7. The SMILES string of the molecule is Cc1cccc(C)c1-c1ccnc(-n2c3[c-]c(N(c4[c-]c(N5CN(C(C)(C)C)c6ccccc65)ccc4)c4c(-c5ccccc5)cccc4-c4ccccc4)ccc3c3ccccc32)c1.[Pt+2]. The summed E-state index contributed by atoms with van der Waals surface area (Å²) in [5, 5.41) is 2.26. The van der Waals surface area contributed by atoms with E-state index in [1.54, 1.807) is 0 Å². The first-order valence-electron chi connectivity index (χ1n) is 22.4. The molecular formula is C60H49N5Pt. The van der Waals surface area contributed by atoms with Crippen molar-refractivity contribution >= 4 is 55.9 Å². The average molecular weight is 1040 g/mol. The summed E-state index contributed by atoms with van der Waals surface area (Å²) in [6, 6.07) is 75.4. The molecule has 2 aromatic heterocycles. The second kappa shape index (κ2) is 17.3. The molecule has 0 unspecified atom stereocenters. The zero-order chi connectivity index (χ0) is 44.2. The van der Waals surface area contributed by atoms with Crippen molar-refractivity contribution in [2.45, 2.75) is 40.2 Å². The van der Waals surface area contributed by atoms with Crippen LogP contribution in [0.15, 0.2) is 194 Å². The number of anilines is 6. The van der Waals surface area contributed by atoms with Crippen LogP contribution in [0.3, 0.4) is 0 Å². The summed E-state index contributed by atoms with van der Waals surface area (Å²) in [6.07, 6.45) is 1.94. The van der Waals surface area contributed by atoms with Crippen LogP contribution in [0.25, 0.3) is 61.0 Å². The van der Waals surface area contributed by atoms with Gasteiger partial charge in [0, 0.05) is 28.4 Å². The number of hydrogen-bond acceptors (Lipinski definition) is 4. The molecule has 5 nitrogen and oxygen atoms in total. The van der Waals surface area contributed by atoms with Crippen LogP contribution in [0, 0.1) is 26.0 Å². The van der Waals surface area contributed by atoms with Crippen LogP contribution in [-0.4, -0.2) is 21.8 Å². The van der Waals surface area contributed by atoms with E-state index in [0.29, 0.717) is 6.67 Å². The Morgan fingerprint density at radius 2 is 1.15 bits per heavy atom. The standard InChI is InChI=1S/C60H49N5.Pt/c1-41-19-16-20-42(2)58(41)45-35-36-61-57(37-45)65-53-30-13-12-27-51(53)52-34-33-48(39-56(52)65)64(59-49(43-21-8-6-9-22-43)28-18-29-50(59)44-23-10-7-11-24-44)47-26-17-25-46(38-47)62-40-63(60(3,4)5)55-32-15-14-31-54(55)62;/h6-37H,40H2,1-5H3;/q-2;+2. The maximum atomic E-state index is 5.08. The quantitative estimate of drug-likeness (QED) is 0.142. The van der Waals surface area contributed by atoms with E-state index in [2.05, 4.69) is 254 Å². The van der Waals surface area contributed by atoms with Crippen molar-refractivity contribution < 1.29 is 21.1 Å². The third-order valence-electron chi connectivity index (χ3n) is 12.8. The Balaban J connectivity index is 0.00000511. The van der Waals surface area contributed by atoms with E-state index in [-0.39, 0.29) is 26.6 Å². The molecule has 0 amide bonds. The Hall–Kier alpha value is -7.20. The number of fused-ring (bicyclic) bond motifs is 4. The predicted octanol–water partition coefficient (Wildman–Crippen LogP) is 15.6. The van der Waals surface area contributed by atoms with Gasteiger partial charge in [0.15, 0.2) is 0 Å². The summed E-state index contributed by atoms with van der Waals surface area (Å²) in [5.74, 6) is 0.843. The van der Waals surface area contributed by atoms with Crippen molar-refractivity contribution in [2.75, 3.05) is 21.4 Å². The van der Waals surface area contributed by atoms with E-state index in [9.17, 15) is 0 Å². The van der Waals surface area contributed by atoms with Crippen molar-refractivity contribution in [1.82, 2.24) is 9.55 Å². The second-order valence-corrected chi connectivity index (χ2v) is 18.0. The van der Waals surface area contributed by atoms with Crippen LogP contribution in [0.4, 0.5) is 34.1 Å². The van der Waals surface area contributed by atoms with Crippen LogP contribution >= 0.6 is 0 Å². The molecule has 0 bridgehead atoms. The molecular weight excluding hydrogens is 986 g/mol. The topological polar surface area (TPSA) is 27.5 Å². The maximum absolute atomic E-state index is 5.08. The number of rotatable bonds is 8. The van der Waals surface area contributed by atoms with Crippen molar-refractivity contribution in [3.63, 3.8) is 0 Å². The van der Waals surface area contributed by atoms with Gasteiger partial charge in [-0.2, -0.15) is 12.1 Å². The molecule has 1 aliphatic rings. The molecule has 0 aliphatic carbocycles. The Morgan fingerprint density at radius 1 is 0.545 bits per heavy atom. The van der Waals surface area contributed by atoms with Crippen molar-refractivity contribution in [2.24, 2.45) is 0 Å². The van der Waals surface area contributed by atoms with Crippen LogP contribution in [0.5, 0.6) is 0 Å². The number of aromatic nitrogens is 2. The molecule has 66 heavy (non-hydrogen) atoms. The van der Waals surface area contributed by atoms with Gasteiger partial charge < -0.3 is 19.3 Å². The van der Waals surface area contributed by atoms with Gasteiger partial charge in [0.25, 0.3) is 0 Å². The Kier molecular flexibility index (Phi) is 11.2. The largest absolute Gasteiger partial charge is 2.00 e. The maximum Gasteiger partial charge on any atom is 2.00 e. The van der Waals surface area contributed by atoms with E-state index in [1.807, 2.05) is 6.20 Å². The number of nitrogens with zero attached hydrogens (tertiary/aromatic N) is 5. The molecule has 6 heteroatoms. The van der Waals surface area contributed by atoms with E-state index < -0.39 is 0 Å². The molecule has 324 valence electrons. The van der Waals surface area contributed by atoms with Crippen molar-refractivity contribution in [3.05, 3.63) is 218 Å². The van der Waals surface area contributed by atoms with Crippen molar-refractivity contribution in [3.8, 4) is 39.2 Å². The number of para-hydroxylation sites is 4. The summed E-state index contributed by atoms with van der Waals surface area (Å²) in [7, 11) is 0. The fraction of sp³-hybridized carbons (Fsp3) is 0.117. The van der Waals surface area contributed by atoms with Gasteiger partial charge in [-0.15, -0.1) is 35.7 Å². The van der Waals surface area contributed by atoms with Crippen LogP contribution in [0.2, 0.25) is 0 Å². The van der Waals surface area contributed by atoms with Gasteiger partial charge in [-0.25, -0.2) is 4.98 Å². The summed E-state index contributed by atoms with van der Waals surface area (Å²) in [4.78, 5) is 12.3. The normalized spacial score (nSPS) is 12.4. The molecule has 0 radical (unpaired) electrons. The Labute approximate surface area is 402 Å². The second-order valence-electron chi connectivity index (χ2n) is 18.0. The third-order valence-corrected chi connectivity index (χ3v) is 12.8. The summed E-state index contributed by atoms with van der Waals surface area (Å²) < 4.78 is 2.28. The van der Waals surface area contributed by atoms with Gasteiger partial charge in [-0.05, 0) is 104 Å². The minimum absolute atomic E-state index is 0. The summed E-state index contributed by atoms with van der Waals surface area (Å²) in [5.41, 5.74) is 17.5. The van der Waals surface area contributed by atoms with Crippen LogP contribution < -0.4 is 14.7 Å². The first kappa shape index (κ1) is 42.7. The Bertz CT molecular complexity index is 3310. The third kappa shape index (κ3) is 7.48. The summed E-state index contributed by atoms with van der Waals surface area (Å²) >= 11 is 0. The van der Waals surface area contributed by atoms with Gasteiger partial charge >= 0.3 is 21.1 Å². The number of hydrogen-bond donors (Lipinski definition) is 0. The van der Waals surface area contributed by atoms with Crippen LogP contribution in [0.1, 0.15) is 31.9 Å². The van der Waals surface area contributed by atoms with E-state index in [0.717, 1.165) is 78.2 Å². The van der Waals surface area contributed by atoms with Gasteiger partial charge in [-0.3, -0.25) is 0 Å². The smallest absolute Gasteiger partial charge is 0.357 e. The predicted molar refractivity (Wildman–Crippen MR) is 272 cm³/mol. The number of pyridine rings is 1. The zero-order valence-electron chi connectivity index (χ0n) is 37.7. The average Bonchev–Trinajstić information content (AvgIpc) is 3.89. The van der Waals surface area contributed by atoms with Gasteiger partial charge in [0.05, 0.1) is 23.7 Å². The fourth-order valence-electron chi connectivity index (χ4n) is 9.80. The molecule has 0 N–H and O–H groups in total. The molecule has 3 heterocycles. The monoisotopic (exact) mass is 1030 g/mol. The van der Waals surface area contributed by atoms with Gasteiger partial charge in [0.2, 0.25) is 0 Å². The molecule has 11 rings (SSSR count). The molecule has 8 aromatic carbocycles. The molecule has 0 saturated heterocycles. The minimum Gasteiger partial charge on any atom is -0.357 e. The van der Waals surface area contributed by atoms with Crippen LogP contribution in [-0.2, 0) is 21.1 Å². The zero-order valence-corrected chi connectivity index (χ0v) is 40.0. The van der Waals surface area contributed by atoms with Gasteiger partial charge in [-0.1, -0.05) is 150 Å². The first-order valence-corrected chi connectivity index (χ1v) is 22.4. The number of aryl methyl sites for hydroxylation is 2. The molecule has 0 saturated carbocycles. The molecule has 0 spiro atoms. The van der Waals surface area contributed by atoms with E-state index in [4.69, 9.17) is 4.98 Å². The molecule has 0 atom stereocenters.